The highest BCUT2D eigenvalue weighted by Crippen LogP contribution is 2.06. The van der Waals surface area contributed by atoms with E-state index in [2.05, 4.69) is 0 Å². The molecule has 0 aliphatic rings. The Morgan fingerprint density at radius 2 is 2.46 bits per heavy atom. The van der Waals surface area contributed by atoms with Crippen molar-refractivity contribution in [3.05, 3.63) is 24.2 Å². The van der Waals surface area contributed by atoms with E-state index >= 15 is 0 Å². The summed E-state index contributed by atoms with van der Waals surface area (Å²) in [5.41, 5.74) is 5.15. The predicted molar refractivity (Wildman–Crippen MR) is 48.8 cm³/mol. The number of rotatable bonds is 4. The van der Waals surface area contributed by atoms with Crippen molar-refractivity contribution in [2.75, 3.05) is 7.05 Å². The monoisotopic (exact) mass is 182 g/mol. The van der Waals surface area contributed by atoms with Crippen molar-refractivity contribution in [3.8, 4) is 0 Å². The van der Waals surface area contributed by atoms with Crippen molar-refractivity contribution in [2.45, 2.75) is 19.5 Å². The number of hydrogen-bond donors (Lipinski definition) is 1. The van der Waals surface area contributed by atoms with Crippen LogP contribution in [0.3, 0.4) is 0 Å². The third-order valence-electron chi connectivity index (χ3n) is 2.06. The van der Waals surface area contributed by atoms with Gasteiger partial charge in [-0.2, -0.15) is 0 Å². The lowest BCUT2D eigenvalue weighted by Gasteiger charge is -2.20. The number of hydrogen-bond acceptors (Lipinski definition) is 3. The Kier molecular flexibility index (Phi) is 3.08. The van der Waals surface area contributed by atoms with E-state index in [1.807, 2.05) is 24.1 Å². The molecule has 0 bridgehead atoms. The molecule has 2 N–H and O–H groups in total. The minimum Gasteiger partial charge on any atom is -0.468 e. The fourth-order valence-corrected chi connectivity index (χ4v) is 1.00. The molecule has 0 saturated heterocycles. The number of carbonyl (C=O) groups excluding carboxylic acids is 1. The zero-order valence-electron chi connectivity index (χ0n) is 7.86. The third kappa shape index (κ3) is 2.59. The Balaban J connectivity index is 2.50. The molecule has 0 fully saturated rings. The summed E-state index contributed by atoms with van der Waals surface area (Å²) in [4.78, 5) is 12.7. The van der Waals surface area contributed by atoms with Crippen molar-refractivity contribution >= 4 is 5.91 Å². The van der Waals surface area contributed by atoms with Gasteiger partial charge in [0.2, 0.25) is 5.91 Å². The van der Waals surface area contributed by atoms with Gasteiger partial charge in [-0.3, -0.25) is 9.69 Å². The number of primary amides is 1. The van der Waals surface area contributed by atoms with E-state index in [-0.39, 0.29) is 11.9 Å². The summed E-state index contributed by atoms with van der Waals surface area (Å²) in [6.07, 6.45) is 1.61. The molecule has 1 aromatic heterocycles. The summed E-state index contributed by atoms with van der Waals surface area (Å²) >= 11 is 0. The SMILES string of the molecule is CC(C(N)=O)N(C)Cc1ccco1. The van der Waals surface area contributed by atoms with Gasteiger partial charge >= 0.3 is 0 Å². The molecule has 1 unspecified atom stereocenters. The van der Waals surface area contributed by atoms with Crippen molar-refractivity contribution in [3.63, 3.8) is 0 Å². The molecule has 0 spiro atoms. The van der Waals surface area contributed by atoms with Crippen LogP contribution in [-0.4, -0.2) is 23.9 Å². The average Bonchev–Trinajstić information content (AvgIpc) is 2.55. The minimum atomic E-state index is -0.325. The van der Waals surface area contributed by atoms with E-state index < -0.39 is 0 Å². The second kappa shape index (κ2) is 4.09. The third-order valence-corrected chi connectivity index (χ3v) is 2.06. The molecule has 1 aromatic rings. The number of amides is 1. The van der Waals surface area contributed by atoms with Gasteiger partial charge in [0, 0.05) is 0 Å². The molecule has 4 heteroatoms. The van der Waals surface area contributed by atoms with E-state index in [9.17, 15) is 4.79 Å². The molecule has 0 aliphatic heterocycles. The number of carbonyl (C=O) groups is 1. The van der Waals surface area contributed by atoms with Crippen LogP contribution in [-0.2, 0) is 11.3 Å². The Morgan fingerprint density at radius 3 is 2.92 bits per heavy atom. The maximum atomic E-state index is 10.8. The van der Waals surface area contributed by atoms with Gasteiger partial charge < -0.3 is 10.2 Å². The molecule has 72 valence electrons. The molecule has 13 heavy (non-hydrogen) atoms. The smallest absolute Gasteiger partial charge is 0.234 e. The molecule has 0 aromatic carbocycles. The van der Waals surface area contributed by atoms with Gasteiger partial charge in [-0.1, -0.05) is 0 Å². The minimum absolute atomic E-state index is 0.273. The van der Waals surface area contributed by atoms with Crippen LogP contribution in [0, 0.1) is 0 Å². The van der Waals surface area contributed by atoms with Gasteiger partial charge in [0.1, 0.15) is 5.76 Å². The van der Waals surface area contributed by atoms with Crippen LogP contribution in [0.25, 0.3) is 0 Å². The van der Waals surface area contributed by atoms with E-state index in [1.54, 1.807) is 13.2 Å². The van der Waals surface area contributed by atoms with Gasteiger partial charge in [-0.05, 0) is 26.1 Å². The van der Waals surface area contributed by atoms with Crippen LogP contribution in [0.15, 0.2) is 22.8 Å². The summed E-state index contributed by atoms with van der Waals surface area (Å²) in [6, 6.07) is 3.41. The fourth-order valence-electron chi connectivity index (χ4n) is 1.00. The number of furan rings is 1. The highest BCUT2D eigenvalue weighted by atomic mass is 16.3. The average molecular weight is 182 g/mol. The lowest BCUT2D eigenvalue weighted by molar-refractivity contribution is -0.122. The highest BCUT2D eigenvalue weighted by molar-refractivity contribution is 5.79. The van der Waals surface area contributed by atoms with Crippen LogP contribution >= 0.6 is 0 Å². The lowest BCUT2D eigenvalue weighted by atomic mass is 10.3. The summed E-state index contributed by atoms with van der Waals surface area (Å²) in [6.45, 7) is 2.36. The van der Waals surface area contributed by atoms with Gasteiger partial charge in [0.25, 0.3) is 0 Å². The van der Waals surface area contributed by atoms with Crippen LogP contribution in [0.1, 0.15) is 12.7 Å². The van der Waals surface area contributed by atoms with Crippen molar-refractivity contribution < 1.29 is 9.21 Å². The van der Waals surface area contributed by atoms with Crippen molar-refractivity contribution in [1.82, 2.24) is 4.90 Å². The zero-order valence-corrected chi connectivity index (χ0v) is 7.86. The standard InChI is InChI=1S/C9H14N2O2/c1-7(9(10)12)11(2)6-8-4-3-5-13-8/h3-5,7H,6H2,1-2H3,(H2,10,12). The van der Waals surface area contributed by atoms with Gasteiger partial charge in [0.15, 0.2) is 0 Å². The molecule has 4 nitrogen and oxygen atoms in total. The van der Waals surface area contributed by atoms with E-state index in [0.29, 0.717) is 6.54 Å². The summed E-state index contributed by atoms with van der Waals surface area (Å²) in [7, 11) is 1.83. The van der Waals surface area contributed by atoms with Crippen LogP contribution < -0.4 is 5.73 Å². The second-order valence-corrected chi connectivity index (χ2v) is 3.07. The lowest BCUT2D eigenvalue weighted by Crippen LogP contribution is -2.39. The Labute approximate surface area is 77.3 Å². The molecule has 0 radical (unpaired) electrons. The Hall–Kier alpha value is -1.29. The maximum absolute atomic E-state index is 10.8. The summed E-state index contributed by atoms with van der Waals surface area (Å²) in [5, 5.41) is 0. The normalized spacial score (nSPS) is 13.2. The molecule has 0 saturated carbocycles. The van der Waals surface area contributed by atoms with Crippen molar-refractivity contribution in [1.29, 1.82) is 0 Å². The number of likely N-dealkylation sites (N-methyl/N-ethyl adjacent to an activating group) is 1. The Morgan fingerprint density at radius 1 is 1.77 bits per heavy atom. The van der Waals surface area contributed by atoms with E-state index in [1.165, 1.54) is 0 Å². The van der Waals surface area contributed by atoms with E-state index in [0.717, 1.165) is 5.76 Å². The molecule has 0 aliphatic carbocycles. The molecule has 1 atom stereocenters. The van der Waals surface area contributed by atoms with Crippen LogP contribution in [0.4, 0.5) is 0 Å². The molecule has 1 rings (SSSR count). The highest BCUT2D eigenvalue weighted by Gasteiger charge is 2.15. The molecular formula is C9H14N2O2. The number of nitrogens with zero attached hydrogens (tertiary/aromatic N) is 1. The maximum Gasteiger partial charge on any atom is 0.234 e. The topological polar surface area (TPSA) is 59.5 Å². The second-order valence-electron chi connectivity index (χ2n) is 3.07. The molecule has 1 amide bonds. The van der Waals surface area contributed by atoms with Gasteiger partial charge in [-0.15, -0.1) is 0 Å². The van der Waals surface area contributed by atoms with E-state index in [4.69, 9.17) is 10.2 Å². The quantitative estimate of drug-likeness (QED) is 0.741. The summed E-state index contributed by atoms with van der Waals surface area (Å²) < 4.78 is 5.14. The van der Waals surface area contributed by atoms with Gasteiger partial charge in [-0.25, -0.2) is 0 Å². The summed E-state index contributed by atoms with van der Waals surface area (Å²) in [5.74, 6) is 0.504. The first-order valence-electron chi connectivity index (χ1n) is 4.13. The predicted octanol–water partition coefficient (Wildman–Crippen LogP) is 0.585. The zero-order chi connectivity index (χ0) is 9.84. The largest absolute Gasteiger partial charge is 0.468 e. The first kappa shape index (κ1) is 9.80. The first-order chi connectivity index (χ1) is 6.11. The number of nitrogens with two attached hydrogens (primary N) is 1. The van der Waals surface area contributed by atoms with Gasteiger partial charge in [0.05, 0.1) is 18.8 Å². The van der Waals surface area contributed by atoms with Crippen molar-refractivity contribution in [2.24, 2.45) is 5.73 Å². The fraction of sp³-hybridized carbons (Fsp3) is 0.444. The molecular weight excluding hydrogens is 168 g/mol. The van der Waals surface area contributed by atoms with Crippen LogP contribution in [0.2, 0.25) is 0 Å². The van der Waals surface area contributed by atoms with Crippen LogP contribution in [0.5, 0.6) is 0 Å². The molecule has 1 heterocycles. The Bertz CT molecular complexity index is 269. The first-order valence-corrected chi connectivity index (χ1v) is 4.13.